The van der Waals surface area contributed by atoms with Crippen LogP contribution in [0.4, 0.5) is 0 Å². The van der Waals surface area contributed by atoms with Crippen LogP contribution in [-0.2, 0) is 13.0 Å². The maximum absolute atomic E-state index is 13.2. The highest BCUT2D eigenvalue weighted by Crippen LogP contribution is 2.23. The van der Waals surface area contributed by atoms with Crippen LogP contribution in [-0.4, -0.2) is 24.3 Å². The lowest BCUT2D eigenvalue weighted by Gasteiger charge is -2.08. The van der Waals surface area contributed by atoms with E-state index in [4.69, 9.17) is 0 Å². The van der Waals surface area contributed by atoms with Gasteiger partial charge in [0.2, 0.25) is 0 Å². The number of fused-ring (bicyclic) bond motifs is 2. The van der Waals surface area contributed by atoms with Crippen molar-refractivity contribution in [3.05, 3.63) is 88.4 Å². The second-order valence-electron chi connectivity index (χ2n) is 7.61. The van der Waals surface area contributed by atoms with E-state index in [0.29, 0.717) is 0 Å². The Morgan fingerprint density at radius 1 is 0.967 bits per heavy atom. The van der Waals surface area contributed by atoms with E-state index in [2.05, 4.69) is 26.6 Å². The second-order valence-corrected chi connectivity index (χ2v) is 7.61. The molecule has 0 saturated heterocycles. The molecule has 0 fully saturated rings. The van der Waals surface area contributed by atoms with Gasteiger partial charge in [-0.1, -0.05) is 30.3 Å². The number of aromatic amines is 1. The Morgan fingerprint density at radius 3 is 2.53 bits per heavy atom. The Balaban J connectivity index is 1.44. The third-order valence-electron chi connectivity index (χ3n) is 5.77. The summed E-state index contributed by atoms with van der Waals surface area (Å²) in [5, 5.41) is 6.09. The number of rotatable bonds is 5. The molecule has 6 heteroatoms. The number of H-pyrrole nitrogens is 1. The average Bonchev–Trinajstić information content (AvgIpc) is 3.29. The molecule has 5 aromatic rings. The van der Waals surface area contributed by atoms with Crippen LogP contribution in [0.2, 0.25) is 0 Å². The van der Waals surface area contributed by atoms with Gasteiger partial charge in [-0.25, -0.2) is 4.98 Å². The Hall–Kier alpha value is -3.67. The van der Waals surface area contributed by atoms with Crippen LogP contribution < -0.4 is 5.56 Å². The number of imidazole rings is 1. The van der Waals surface area contributed by atoms with Gasteiger partial charge in [-0.05, 0) is 44.5 Å². The summed E-state index contributed by atoms with van der Waals surface area (Å²) in [5.41, 5.74) is 4.84. The minimum atomic E-state index is -0.0738. The molecule has 0 aliphatic carbocycles. The van der Waals surface area contributed by atoms with Gasteiger partial charge < -0.3 is 9.55 Å². The molecule has 0 amide bonds. The lowest BCUT2D eigenvalue weighted by molar-refractivity contribution is 0.612. The smallest absolute Gasteiger partial charge is 0.281 e. The summed E-state index contributed by atoms with van der Waals surface area (Å²) in [7, 11) is 0. The lowest BCUT2D eigenvalue weighted by Crippen LogP contribution is -2.21. The van der Waals surface area contributed by atoms with Gasteiger partial charge in [0.1, 0.15) is 5.82 Å². The summed E-state index contributed by atoms with van der Waals surface area (Å²) in [6.45, 7) is 4.91. The van der Waals surface area contributed by atoms with Gasteiger partial charge >= 0.3 is 0 Å². The standard InChI is InChI=1S/C24H23N5O/c1-16-19-15-25-29(18-9-4-3-5-10-18)24(30)23(19)17(2)28(16)14-8-13-22-26-20-11-6-7-12-21(20)27-22/h3-7,9-12,15H,8,13-14H2,1-2H3,(H,26,27). The van der Waals surface area contributed by atoms with Crippen molar-refractivity contribution in [1.29, 1.82) is 0 Å². The Bertz CT molecular complexity index is 1380. The van der Waals surface area contributed by atoms with Crippen LogP contribution in [0.5, 0.6) is 0 Å². The third kappa shape index (κ3) is 3.01. The summed E-state index contributed by atoms with van der Waals surface area (Å²) in [4.78, 5) is 21.2. The first-order chi connectivity index (χ1) is 14.6. The number of aromatic nitrogens is 5. The summed E-state index contributed by atoms with van der Waals surface area (Å²) < 4.78 is 3.71. The predicted octanol–water partition coefficient (Wildman–Crippen LogP) is 4.31. The Morgan fingerprint density at radius 2 is 1.73 bits per heavy atom. The molecule has 0 bridgehead atoms. The van der Waals surface area contributed by atoms with Gasteiger partial charge in [0.05, 0.1) is 28.3 Å². The molecule has 1 N–H and O–H groups in total. The zero-order chi connectivity index (χ0) is 20.7. The van der Waals surface area contributed by atoms with E-state index in [1.807, 2.05) is 67.7 Å². The van der Waals surface area contributed by atoms with Gasteiger partial charge in [0, 0.05) is 29.7 Å². The van der Waals surface area contributed by atoms with E-state index in [9.17, 15) is 4.79 Å². The SMILES string of the molecule is Cc1c2cnn(-c3ccccc3)c(=O)c2c(C)n1CCCc1nc2ccccc2[nH]1. The molecule has 0 aliphatic rings. The Kier molecular flexibility index (Phi) is 4.47. The average molecular weight is 397 g/mol. The number of benzene rings is 2. The first-order valence-electron chi connectivity index (χ1n) is 10.2. The molecule has 0 atom stereocenters. The zero-order valence-corrected chi connectivity index (χ0v) is 17.1. The predicted molar refractivity (Wildman–Crippen MR) is 119 cm³/mol. The highest BCUT2D eigenvalue weighted by molar-refractivity contribution is 5.87. The number of para-hydroxylation sites is 3. The molecular weight excluding hydrogens is 374 g/mol. The van der Waals surface area contributed by atoms with Crippen molar-refractivity contribution in [1.82, 2.24) is 24.3 Å². The molecule has 0 radical (unpaired) electrons. The molecule has 0 saturated carbocycles. The van der Waals surface area contributed by atoms with Crippen molar-refractivity contribution < 1.29 is 0 Å². The van der Waals surface area contributed by atoms with Crippen LogP contribution in [0.3, 0.4) is 0 Å². The maximum atomic E-state index is 13.2. The molecule has 0 aliphatic heterocycles. The molecule has 0 unspecified atom stereocenters. The fourth-order valence-corrected chi connectivity index (χ4v) is 4.23. The molecule has 150 valence electrons. The number of hydrogen-bond acceptors (Lipinski definition) is 3. The monoisotopic (exact) mass is 397 g/mol. The molecular formula is C24H23N5O. The summed E-state index contributed by atoms with van der Waals surface area (Å²) in [6, 6.07) is 17.6. The minimum Gasteiger partial charge on any atom is -0.348 e. The van der Waals surface area contributed by atoms with E-state index < -0.39 is 0 Å². The van der Waals surface area contributed by atoms with Crippen LogP contribution in [0.25, 0.3) is 27.5 Å². The fraction of sp³-hybridized carbons (Fsp3) is 0.208. The number of hydrogen-bond donors (Lipinski definition) is 1. The van der Waals surface area contributed by atoms with Crippen molar-refractivity contribution in [2.24, 2.45) is 0 Å². The van der Waals surface area contributed by atoms with Gasteiger partial charge in [-0.2, -0.15) is 9.78 Å². The van der Waals surface area contributed by atoms with Crippen molar-refractivity contribution >= 4 is 21.8 Å². The highest BCUT2D eigenvalue weighted by Gasteiger charge is 2.16. The fourth-order valence-electron chi connectivity index (χ4n) is 4.23. The number of aryl methyl sites for hydroxylation is 3. The summed E-state index contributed by atoms with van der Waals surface area (Å²) in [6.07, 6.45) is 3.60. The van der Waals surface area contributed by atoms with Gasteiger partial charge in [0.25, 0.3) is 5.56 Å². The van der Waals surface area contributed by atoms with Gasteiger partial charge in [0.15, 0.2) is 0 Å². The lowest BCUT2D eigenvalue weighted by atomic mass is 10.2. The van der Waals surface area contributed by atoms with Crippen LogP contribution in [0.1, 0.15) is 23.6 Å². The Labute approximate surface area is 173 Å². The first-order valence-corrected chi connectivity index (χ1v) is 10.2. The van der Waals surface area contributed by atoms with Crippen molar-refractivity contribution in [2.45, 2.75) is 33.2 Å². The summed E-state index contributed by atoms with van der Waals surface area (Å²) in [5.74, 6) is 0.997. The van der Waals surface area contributed by atoms with Crippen LogP contribution in [0, 0.1) is 13.8 Å². The third-order valence-corrected chi connectivity index (χ3v) is 5.77. The zero-order valence-electron chi connectivity index (χ0n) is 17.1. The van der Waals surface area contributed by atoms with E-state index in [0.717, 1.165) is 64.1 Å². The van der Waals surface area contributed by atoms with Gasteiger partial charge in [-0.3, -0.25) is 4.79 Å². The molecule has 5 rings (SSSR count). The van der Waals surface area contributed by atoms with Crippen LogP contribution in [0.15, 0.2) is 65.6 Å². The molecule has 30 heavy (non-hydrogen) atoms. The van der Waals surface area contributed by atoms with E-state index in [-0.39, 0.29) is 5.56 Å². The highest BCUT2D eigenvalue weighted by atomic mass is 16.1. The first kappa shape index (κ1) is 18.4. The molecule has 2 aromatic carbocycles. The molecule has 0 spiro atoms. The van der Waals surface area contributed by atoms with E-state index in [1.54, 1.807) is 0 Å². The second kappa shape index (κ2) is 7.30. The van der Waals surface area contributed by atoms with E-state index in [1.165, 1.54) is 4.68 Å². The largest absolute Gasteiger partial charge is 0.348 e. The summed E-state index contributed by atoms with van der Waals surface area (Å²) >= 11 is 0. The minimum absolute atomic E-state index is 0.0738. The van der Waals surface area contributed by atoms with Crippen molar-refractivity contribution in [3.63, 3.8) is 0 Å². The van der Waals surface area contributed by atoms with E-state index >= 15 is 0 Å². The number of nitrogens with one attached hydrogen (secondary N) is 1. The maximum Gasteiger partial charge on any atom is 0.281 e. The molecule has 6 nitrogen and oxygen atoms in total. The molecule has 3 heterocycles. The van der Waals surface area contributed by atoms with Crippen molar-refractivity contribution in [2.75, 3.05) is 0 Å². The number of nitrogens with zero attached hydrogens (tertiary/aromatic N) is 4. The van der Waals surface area contributed by atoms with Crippen molar-refractivity contribution in [3.8, 4) is 5.69 Å². The van der Waals surface area contributed by atoms with Crippen LogP contribution >= 0.6 is 0 Å². The quantitative estimate of drug-likeness (QED) is 0.480. The van der Waals surface area contributed by atoms with Gasteiger partial charge in [-0.15, -0.1) is 0 Å². The normalized spacial score (nSPS) is 11.5. The topological polar surface area (TPSA) is 68.5 Å². The molecule has 3 aromatic heterocycles.